The quantitative estimate of drug-likeness (QED) is 0.778. The monoisotopic (exact) mass is 253 g/mol. The number of rotatable bonds is 6. The van der Waals surface area contributed by atoms with Crippen LogP contribution in [-0.4, -0.2) is 55.8 Å². The van der Waals surface area contributed by atoms with E-state index in [1.807, 2.05) is 0 Å². The summed E-state index contributed by atoms with van der Waals surface area (Å²) in [4.78, 5) is 12.9. The van der Waals surface area contributed by atoms with Gasteiger partial charge in [0.25, 0.3) is 0 Å². The van der Waals surface area contributed by atoms with E-state index in [1.54, 1.807) is 4.68 Å². The second-order valence-electron chi connectivity index (χ2n) is 4.61. The Morgan fingerprint density at radius 2 is 2.00 bits per heavy atom. The lowest BCUT2D eigenvalue weighted by molar-refractivity contribution is -0.137. The van der Waals surface area contributed by atoms with Gasteiger partial charge in [0.05, 0.1) is 13.0 Å². The third-order valence-corrected chi connectivity index (χ3v) is 3.25. The molecule has 7 heteroatoms. The van der Waals surface area contributed by atoms with E-state index in [1.165, 1.54) is 19.3 Å². The molecule has 0 aliphatic carbocycles. The molecule has 1 aromatic rings. The Morgan fingerprint density at radius 1 is 1.22 bits per heavy atom. The molecule has 1 fully saturated rings. The highest BCUT2D eigenvalue weighted by Crippen LogP contribution is 2.08. The van der Waals surface area contributed by atoms with Crippen LogP contribution in [0.5, 0.6) is 0 Å². The summed E-state index contributed by atoms with van der Waals surface area (Å²) in [6, 6.07) is 0. The maximum Gasteiger partial charge on any atom is 0.303 e. The zero-order chi connectivity index (χ0) is 12.8. The Hall–Kier alpha value is -1.50. The fourth-order valence-electron chi connectivity index (χ4n) is 2.21. The number of piperidine rings is 1. The molecule has 0 amide bonds. The fourth-order valence-corrected chi connectivity index (χ4v) is 2.21. The number of tetrazole rings is 1. The van der Waals surface area contributed by atoms with Gasteiger partial charge in [-0.2, -0.15) is 0 Å². The average Bonchev–Trinajstić information content (AvgIpc) is 2.82. The summed E-state index contributed by atoms with van der Waals surface area (Å²) in [5.74, 6) is -0.157. The predicted molar refractivity (Wildman–Crippen MR) is 64.1 cm³/mol. The molecule has 100 valence electrons. The summed E-state index contributed by atoms with van der Waals surface area (Å²) < 4.78 is 1.72. The maximum atomic E-state index is 10.5. The zero-order valence-electron chi connectivity index (χ0n) is 10.5. The summed E-state index contributed by atoms with van der Waals surface area (Å²) in [5, 5.41) is 20.1. The van der Waals surface area contributed by atoms with Crippen molar-refractivity contribution in [2.45, 2.75) is 38.6 Å². The topological polar surface area (TPSA) is 84.1 Å². The third kappa shape index (κ3) is 3.76. The number of hydrogen-bond acceptors (Lipinski definition) is 5. The Labute approximate surface area is 106 Å². The van der Waals surface area contributed by atoms with Crippen molar-refractivity contribution in [2.24, 2.45) is 0 Å². The van der Waals surface area contributed by atoms with Crippen LogP contribution in [0.2, 0.25) is 0 Å². The highest BCUT2D eigenvalue weighted by atomic mass is 16.4. The summed E-state index contributed by atoms with van der Waals surface area (Å²) in [6.45, 7) is 3.96. The van der Waals surface area contributed by atoms with Crippen molar-refractivity contribution in [1.82, 2.24) is 25.1 Å². The average molecular weight is 253 g/mol. The number of carbonyl (C=O) groups is 1. The van der Waals surface area contributed by atoms with Gasteiger partial charge in [-0.25, -0.2) is 4.68 Å². The summed E-state index contributed by atoms with van der Waals surface area (Å²) in [5.41, 5.74) is 0. The standard InChI is InChI=1S/C11H19N5O2/c17-11(18)5-4-10-12-13-14-16(10)9-8-15-6-2-1-3-7-15/h1-9H2,(H,17,18). The molecule has 0 unspecified atom stereocenters. The normalized spacial score (nSPS) is 16.9. The lowest BCUT2D eigenvalue weighted by Crippen LogP contribution is -2.33. The van der Waals surface area contributed by atoms with Crippen LogP contribution in [0.15, 0.2) is 0 Å². The van der Waals surface area contributed by atoms with Crippen molar-refractivity contribution in [2.75, 3.05) is 19.6 Å². The summed E-state index contributed by atoms with van der Waals surface area (Å²) in [7, 11) is 0. The molecule has 0 radical (unpaired) electrons. The number of carboxylic acid groups (broad SMARTS) is 1. The minimum atomic E-state index is -0.819. The van der Waals surface area contributed by atoms with Gasteiger partial charge in [-0.3, -0.25) is 4.79 Å². The van der Waals surface area contributed by atoms with Crippen molar-refractivity contribution < 1.29 is 9.90 Å². The second kappa shape index (κ2) is 6.44. The van der Waals surface area contributed by atoms with Crippen LogP contribution < -0.4 is 0 Å². The Bertz CT molecular complexity index is 387. The first-order chi connectivity index (χ1) is 8.75. The number of likely N-dealkylation sites (tertiary alicyclic amines) is 1. The van der Waals surface area contributed by atoms with E-state index in [2.05, 4.69) is 20.4 Å². The predicted octanol–water partition coefficient (Wildman–Crippen LogP) is 0.176. The molecule has 2 rings (SSSR count). The molecule has 0 atom stereocenters. The molecule has 2 heterocycles. The van der Waals surface area contributed by atoms with E-state index < -0.39 is 5.97 Å². The molecule has 18 heavy (non-hydrogen) atoms. The first kappa shape index (κ1) is 12.9. The largest absolute Gasteiger partial charge is 0.481 e. The first-order valence-electron chi connectivity index (χ1n) is 6.45. The lowest BCUT2D eigenvalue weighted by Gasteiger charge is -2.26. The van der Waals surface area contributed by atoms with Gasteiger partial charge < -0.3 is 10.0 Å². The molecular weight excluding hydrogens is 234 g/mol. The Kier molecular flexibility index (Phi) is 4.63. The van der Waals surface area contributed by atoms with E-state index in [4.69, 9.17) is 5.11 Å². The SMILES string of the molecule is O=C(O)CCc1nnnn1CCN1CCCCC1. The van der Waals surface area contributed by atoms with Gasteiger partial charge in [0.2, 0.25) is 0 Å². The molecule has 0 spiro atoms. The van der Waals surface area contributed by atoms with Crippen molar-refractivity contribution >= 4 is 5.97 Å². The fraction of sp³-hybridized carbons (Fsp3) is 0.818. The highest BCUT2D eigenvalue weighted by molar-refractivity contribution is 5.66. The van der Waals surface area contributed by atoms with Crippen LogP contribution >= 0.6 is 0 Å². The minimum absolute atomic E-state index is 0.0735. The van der Waals surface area contributed by atoms with Crippen LogP contribution in [0.1, 0.15) is 31.5 Å². The lowest BCUT2D eigenvalue weighted by atomic mass is 10.1. The highest BCUT2D eigenvalue weighted by Gasteiger charge is 2.12. The molecule has 0 aromatic carbocycles. The van der Waals surface area contributed by atoms with Gasteiger partial charge in [0.15, 0.2) is 5.82 Å². The van der Waals surface area contributed by atoms with Gasteiger partial charge in [-0.15, -0.1) is 5.10 Å². The van der Waals surface area contributed by atoms with Crippen molar-refractivity contribution in [1.29, 1.82) is 0 Å². The molecule has 1 N–H and O–H groups in total. The van der Waals surface area contributed by atoms with Crippen LogP contribution in [-0.2, 0) is 17.8 Å². The molecule has 7 nitrogen and oxygen atoms in total. The number of aromatic nitrogens is 4. The third-order valence-electron chi connectivity index (χ3n) is 3.25. The Balaban J connectivity index is 1.81. The van der Waals surface area contributed by atoms with Gasteiger partial charge in [0.1, 0.15) is 0 Å². The smallest absolute Gasteiger partial charge is 0.303 e. The van der Waals surface area contributed by atoms with Gasteiger partial charge in [0, 0.05) is 13.0 Å². The zero-order valence-corrected chi connectivity index (χ0v) is 10.5. The van der Waals surface area contributed by atoms with E-state index in [-0.39, 0.29) is 6.42 Å². The van der Waals surface area contributed by atoms with E-state index in [0.29, 0.717) is 12.2 Å². The molecule has 1 aromatic heterocycles. The van der Waals surface area contributed by atoms with Crippen LogP contribution in [0.4, 0.5) is 0 Å². The molecular formula is C11H19N5O2. The van der Waals surface area contributed by atoms with Crippen LogP contribution in [0.3, 0.4) is 0 Å². The molecule has 1 saturated heterocycles. The number of aryl methyl sites for hydroxylation is 1. The van der Waals surface area contributed by atoms with E-state index >= 15 is 0 Å². The van der Waals surface area contributed by atoms with E-state index in [0.717, 1.165) is 26.2 Å². The van der Waals surface area contributed by atoms with Gasteiger partial charge in [-0.1, -0.05) is 6.42 Å². The van der Waals surface area contributed by atoms with Crippen molar-refractivity contribution in [3.63, 3.8) is 0 Å². The summed E-state index contributed by atoms with van der Waals surface area (Å²) >= 11 is 0. The van der Waals surface area contributed by atoms with Crippen molar-refractivity contribution in [3.8, 4) is 0 Å². The Morgan fingerprint density at radius 3 is 2.72 bits per heavy atom. The van der Waals surface area contributed by atoms with Gasteiger partial charge in [-0.05, 0) is 36.4 Å². The molecule has 1 aliphatic heterocycles. The van der Waals surface area contributed by atoms with Crippen molar-refractivity contribution in [3.05, 3.63) is 5.82 Å². The second-order valence-corrected chi connectivity index (χ2v) is 4.61. The van der Waals surface area contributed by atoms with E-state index in [9.17, 15) is 4.79 Å². The molecule has 1 aliphatic rings. The summed E-state index contributed by atoms with van der Waals surface area (Å²) in [6.07, 6.45) is 4.32. The first-order valence-corrected chi connectivity index (χ1v) is 6.45. The number of aliphatic carboxylic acids is 1. The minimum Gasteiger partial charge on any atom is -0.481 e. The van der Waals surface area contributed by atoms with Crippen LogP contribution in [0.25, 0.3) is 0 Å². The maximum absolute atomic E-state index is 10.5. The molecule has 0 saturated carbocycles. The van der Waals surface area contributed by atoms with Gasteiger partial charge >= 0.3 is 5.97 Å². The number of carboxylic acids is 1. The number of nitrogens with zero attached hydrogens (tertiary/aromatic N) is 5. The molecule has 0 bridgehead atoms. The number of hydrogen-bond donors (Lipinski definition) is 1. The van der Waals surface area contributed by atoms with Crippen LogP contribution in [0, 0.1) is 0 Å².